The molecule has 0 heterocycles. The van der Waals surface area contributed by atoms with Crippen LogP contribution in [0.3, 0.4) is 0 Å². The van der Waals surface area contributed by atoms with Crippen molar-refractivity contribution in [3.8, 4) is 0 Å². The Bertz CT molecular complexity index is 191. The Balaban J connectivity index is 3.77. The van der Waals surface area contributed by atoms with Crippen molar-refractivity contribution in [3.05, 3.63) is 12.7 Å². The van der Waals surface area contributed by atoms with E-state index in [0.717, 1.165) is 0 Å². The molecule has 0 rings (SSSR count). The van der Waals surface area contributed by atoms with Gasteiger partial charge in [0.15, 0.2) is 0 Å². The van der Waals surface area contributed by atoms with Crippen LogP contribution in [0.1, 0.15) is 26.2 Å². The van der Waals surface area contributed by atoms with E-state index in [1.165, 1.54) is 13.2 Å². The summed E-state index contributed by atoms with van der Waals surface area (Å²) in [5.74, 6) is 0.134. The maximum Gasteiger partial charge on any atom is 0.147 e. The number of aliphatic hydroxyl groups excluding tert-OH is 1. The summed E-state index contributed by atoms with van der Waals surface area (Å²) in [6, 6.07) is 0. The van der Waals surface area contributed by atoms with Crippen molar-refractivity contribution < 1.29 is 19.4 Å². The smallest absolute Gasteiger partial charge is 0.147 e. The number of ether oxygens (including phenoxy) is 2. The van der Waals surface area contributed by atoms with E-state index in [-0.39, 0.29) is 12.6 Å². The standard InChI is InChI=1S/C11H20O4/c1-4-11(15-8-14-3)10(13)7-5-6-9(2)12/h4,10-11,13H,1,5-8H2,2-3H3/t10-,11-/m1/s1. The molecule has 0 bridgehead atoms. The summed E-state index contributed by atoms with van der Waals surface area (Å²) in [7, 11) is 1.52. The van der Waals surface area contributed by atoms with Gasteiger partial charge in [-0.15, -0.1) is 6.58 Å². The molecule has 0 aliphatic heterocycles. The molecule has 0 amide bonds. The first kappa shape index (κ1) is 14.3. The molecule has 0 saturated carbocycles. The monoisotopic (exact) mass is 216 g/mol. The molecule has 0 aromatic carbocycles. The highest BCUT2D eigenvalue weighted by Gasteiger charge is 2.16. The van der Waals surface area contributed by atoms with E-state index in [9.17, 15) is 9.90 Å². The summed E-state index contributed by atoms with van der Waals surface area (Å²) in [6.07, 6.45) is 2.16. The van der Waals surface area contributed by atoms with Crippen LogP contribution in [0.5, 0.6) is 0 Å². The van der Waals surface area contributed by atoms with Crippen LogP contribution < -0.4 is 0 Å². The lowest BCUT2D eigenvalue weighted by atomic mass is 10.1. The highest BCUT2D eigenvalue weighted by Crippen LogP contribution is 2.09. The van der Waals surface area contributed by atoms with Crippen LogP contribution >= 0.6 is 0 Å². The summed E-state index contributed by atoms with van der Waals surface area (Å²) in [4.78, 5) is 10.7. The molecule has 0 aliphatic rings. The molecule has 4 nitrogen and oxygen atoms in total. The average molecular weight is 216 g/mol. The lowest BCUT2D eigenvalue weighted by Crippen LogP contribution is -2.27. The predicted molar refractivity (Wildman–Crippen MR) is 57.5 cm³/mol. The summed E-state index contributed by atoms with van der Waals surface area (Å²) < 4.78 is 9.92. The Labute approximate surface area is 90.9 Å². The third-order valence-electron chi connectivity index (χ3n) is 2.02. The van der Waals surface area contributed by atoms with Crippen molar-refractivity contribution in [2.24, 2.45) is 0 Å². The largest absolute Gasteiger partial charge is 0.390 e. The van der Waals surface area contributed by atoms with Gasteiger partial charge >= 0.3 is 0 Å². The van der Waals surface area contributed by atoms with Gasteiger partial charge in [-0.1, -0.05) is 6.08 Å². The van der Waals surface area contributed by atoms with Gasteiger partial charge < -0.3 is 19.4 Å². The minimum absolute atomic E-state index is 0.125. The normalized spacial score (nSPS) is 14.6. The minimum atomic E-state index is -0.628. The van der Waals surface area contributed by atoms with Crippen LogP contribution in [-0.2, 0) is 14.3 Å². The van der Waals surface area contributed by atoms with E-state index < -0.39 is 12.2 Å². The minimum Gasteiger partial charge on any atom is -0.390 e. The number of hydrogen-bond acceptors (Lipinski definition) is 4. The van der Waals surface area contributed by atoms with E-state index >= 15 is 0 Å². The van der Waals surface area contributed by atoms with E-state index in [1.807, 2.05) is 0 Å². The van der Waals surface area contributed by atoms with Crippen LogP contribution in [0.4, 0.5) is 0 Å². The average Bonchev–Trinajstić information content (AvgIpc) is 2.18. The molecular weight excluding hydrogens is 196 g/mol. The Hall–Kier alpha value is -0.710. The fourth-order valence-corrected chi connectivity index (χ4v) is 1.21. The van der Waals surface area contributed by atoms with Crippen molar-refractivity contribution in [1.82, 2.24) is 0 Å². The van der Waals surface area contributed by atoms with Gasteiger partial charge in [0.1, 0.15) is 18.7 Å². The first-order chi connectivity index (χ1) is 7.11. The number of carbonyl (C=O) groups excluding carboxylic acids is 1. The van der Waals surface area contributed by atoms with Gasteiger partial charge in [-0.2, -0.15) is 0 Å². The summed E-state index contributed by atoms with van der Waals surface area (Å²) in [6.45, 7) is 5.24. The quantitative estimate of drug-likeness (QED) is 0.466. The molecule has 0 unspecified atom stereocenters. The number of methoxy groups -OCH3 is 1. The second-order valence-electron chi connectivity index (χ2n) is 3.44. The molecule has 15 heavy (non-hydrogen) atoms. The first-order valence-corrected chi connectivity index (χ1v) is 5.02. The van der Waals surface area contributed by atoms with Crippen LogP contribution in [0, 0.1) is 0 Å². The first-order valence-electron chi connectivity index (χ1n) is 5.02. The lowest BCUT2D eigenvalue weighted by molar-refractivity contribution is -0.117. The second-order valence-corrected chi connectivity index (χ2v) is 3.44. The van der Waals surface area contributed by atoms with Crippen LogP contribution in [0.15, 0.2) is 12.7 Å². The molecule has 0 aromatic heterocycles. The molecule has 0 spiro atoms. The Morgan fingerprint density at radius 2 is 2.27 bits per heavy atom. The number of hydrogen-bond donors (Lipinski definition) is 1. The maximum absolute atomic E-state index is 10.7. The fourth-order valence-electron chi connectivity index (χ4n) is 1.21. The zero-order valence-corrected chi connectivity index (χ0v) is 9.44. The van der Waals surface area contributed by atoms with Crippen LogP contribution in [0.2, 0.25) is 0 Å². The fraction of sp³-hybridized carbons (Fsp3) is 0.727. The molecule has 4 heteroatoms. The van der Waals surface area contributed by atoms with Gasteiger partial charge in [0, 0.05) is 13.5 Å². The van der Waals surface area contributed by atoms with Gasteiger partial charge in [0.2, 0.25) is 0 Å². The highest BCUT2D eigenvalue weighted by atomic mass is 16.7. The molecule has 88 valence electrons. The van der Waals surface area contributed by atoms with Crippen molar-refractivity contribution in [2.45, 2.75) is 38.4 Å². The second kappa shape index (κ2) is 8.59. The Morgan fingerprint density at radius 3 is 2.73 bits per heavy atom. The van der Waals surface area contributed by atoms with Gasteiger partial charge in [0.25, 0.3) is 0 Å². The van der Waals surface area contributed by atoms with Crippen molar-refractivity contribution in [1.29, 1.82) is 0 Å². The topological polar surface area (TPSA) is 55.8 Å². The number of ketones is 1. The number of carbonyl (C=O) groups is 1. The summed E-state index contributed by atoms with van der Waals surface area (Å²) >= 11 is 0. The van der Waals surface area contributed by atoms with E-state index in [0.29, 0.717) is 19.3 Å². The van der Waals surface area contributed by atoms with Crippen molar-refractivity contribution >= 4 is 5.78 Å². The zero-order valence-electron chi connectivity index (χ0n) is 9.44. The van der Waals surface area contributed by atoms with E-state index in [1.54, 1.807) is 6.92 Å². The molecule has 0 aromatic rings. The highest BCUT2D eigenvalue weighted by molar-refractivity contribution is 5.75. The Kier molecular flexibility index (Phi) is 8.18. The van der Waals surface area contributed by atoms with Gasteiger partial charge in [-0.25, -0.2) is 0 Å². The predicted octanol–water partition coefficient (Wildman–Crippen LogP) is 1.28. The molecule has 0 saturated heterocycles. The summed E-state index contributed by atoms with van der Waals surface area (Å²) in [5.41, 5.74) is 0. The third-order valence-corrected chi connectivity index (χ3v) is 2.02. The molecule has 1 N–H and O–H groups in total. The number of Topliss-reactive ketones (excluding diaryl/α,β-unsaturated/α-hetero) is 1. The Morgan fingerprint density at radius 1 is 1.60 bits per heavy atom. The van der Waals surface area contributed by atoms with Gasteiger partial charge in [-0.3, -0.25) is 0 Å². The van der Waals surface area contributed by atoms with E-state index in [2.05, 4.69) is 6.58 Å². The molecule has 0 fully saturated rings. The van der Waals surface area contributed by atoms with Gasteiger partial charge in [-0.05, 0) is 19.8 Å². The maximum atomic E-state index is 10.7. The zero-order chi connectivity index (χ0) is 11.7. The van der Waals surface area contributed by atoms with Gasteiger partial charge in [0.05, 0.1) is 6.10 Å². The van der Waals surface area contributed by atoms with Crippen molar-refractivity contribution in [2.75, 3.05) is 13.9 Å². The SMILES string of the molecule is C=C[C@@H](OCOC)[C@H](O)CCCC(C)=O. The van der Waals surface area contributed by atoms with E-state index in [4.69, 9.17) is 9.47 Å². The molecular formula is C11H20O4. The number of rotatable bonds is 9. The third kappa shape index (κ3) is 7.25. The van der Waals surface area contributed by atoms with Crippen LogP contribution in [-0.4, -0.2) is 37.0 Å². The van der Waals surface area contributed by atoms with Crippen molar-refractivity contribution in [3.63, 3.8) is 0 Å². The van der Waals surface area contributed by atoms with Crippen LogP contribution in [0.25, 0.3) is 0 Å². The molecule has 0 radical (unpaired) electrons. The lowest BCUT2D eigenvalue weighted by Gasteiger charge is -2.19. The molecule has 2 atom stereocenters. The molecule has 0 aliphatic carbocycles. The number of aliphatic hydroxyl groups is 1. The summed E-state index contributed by atoms with van der Waals surface area (Å²) in [5, 5.41) is 9.69.